The predicted octanol–water partition coefficient (Wildman–Crippen LogP) is 5.08. The topological polar surface area (TPSA) is 20.3 Å². The number of nitrogens with zero attached hydrogens (tertiary/aromatic N) is 1. The highest BCUT2D eigenvalue weighted by atomic mass is 35.5. The van der Waals surface area contributed by atoms with Gasteiger partial charge in [-0.15, -0.1) is 0 Å². The highest BCUT2D eigenvalue weighted by molar-refractivity contribution is 6.30. The van der Waals surface area contributed by atoms with Crippen LogP contribution in [0.2, 0.25) is 5.02 Å². The molecule has 0 aliphatic carbocycles. The lowest BCUT2D eigenvalue weighted by atomic mass is 10.1. The summed E-state index contributed by atoms with van der Waals surface area (Å²) in [6, 6.07) is 15.1. The van der Waals surface area contributed by atoms with E-state index in [9.17, 15) is 4.79 Å². The van der Waals surface area contributed by atoms with Crippen LogP contribution in [0.4, 0.5) is 5.69 Å². The SMILES string of the molecule is CCN(CC)c1ccc(C(=O)C=Cc2ccc(Cl)cc2)cc1. The normalized spacial score (nSPS) is 10.9. The number of rotatable bonds is 6. The van der Waals surface area contributed by atoms with Crippen molar-refractivity contribution in [2.75, 3.05) is 18.0 Å². The highest BCUT2D eigenvalue weighted by Crippen LogP contribution is 2.16. The maximum Gasteiger partial charge on any atom is 0.185 e. The second-order valence-corrected chi connectivity index (χ2v) is 5.40. The number of hydrogen-bond acceptors (Lipinski definition) is 2. The van der Waals surface area contributed by atoms with Gasteiger partial charge in [0.1, 0.15) is 0 Å². The average molecular weight is 314 g/mol. The van der Waals surface area contributed by atoms with Crippen LogP contribution in [0.5, 0.6) is 0 Å². The molecular weight excluding hydrogens is 294 g/mol. The van der Waals surface area contributed by atoms with Gasteiger partial charge in [-0.3, -0.25) is 4.79 Å². The molecule has 0 radical (unpaired) electrons. The third-order valence-corrected chi connectivity index (χ3v) is 3.83. The van der Waals surface area contributed by atoms with Gasteiger partial charge in [0, 0.05) is 29.4 Å². The van der Waals surface area contributed by atoms with Crippen LogP contribution in [0.3, 0.4) is 0 Å². The number of benzene rings is 2. The van der Waals surface area contributed by atoms with Crippen molar-refractivity contribution in [2.24, 2.45) is 0 Å². The largest absolute Gasteiger partial charge is 0.372 e. The van der Waals surface area contributed by atoms with E-state index in [-0.39, 0.29) is 5.78 Å². The van der Waals surface area contributed by atoms with E-state index in [2.05, 4.69) is 18.7 Å². The second-order valence-electron chi connectivity index (χ2n) is 4.97. The minimum absolute atomic E-state index is 0.000969. The van der Waals surface area contributed by atoms with Crippen LogP contribution in [0, 0.1) is 0 Å². The molecule has 0 aliphatic heterocycles. The average Bonchev–Trinajstić information content (AvgIpc) is 2.56. The Morgan fingerprint density at radius 2 is 1.59 bits per heavy atom. The maximum atomic E-state index is 12.2. The summed E-state index contributed by atoms with van der Waals surface area (Å²) in [5, 5.41) is 0.690. The molecule has 0 unspecified atom stereocenters. The highest BCUT2D eigenvalue weighted by Gasteiger charge is 2.04. The summed E-state index contributed by atoms with van der Waals surface area (Å²) in [5.41, 5.74) is 2.79. The third kappa shape index (κ3) is 4.22. The van der Waals surface area contributed by atoms with Crippen LogP contribution in [-0.4, -0.2) is 18.9 Å². The molecule has 3 heteroatoms. The van der Waals surface area contributed by atoms with Gasteiger partial charge >= 0.3 is 0 Å². The van der Waals surface area contributed by atoms with E-state index >= 15 is 0 Å². The van der Waals surface area contributed by atoms with Crippen LogP contribution in [0.15, 0.2) is 54.6 Å². The van der Waals surface area contributed by atoms with Crippen molar-refractivity contribution < 1.29 is 4.79 Å². The summed E-state index contributed by atoms with van der Waals surface area (Å²) in [6.45, 7) is 6.16. The number of allylic oxidation sites excluding steroid dienone is 1. The predicted molar refractivity (Wildman–Crippen MR) is 94.8 cm³/mol. The lowest BCUT2D eigenvalue weighted by molar-refractivity contribution is 0.104. The minimum Gasteiger partial charge on any atom is -0.372 e. The lowest BCUT2D eigenvalue weighted by Gasteiger charge is -2.20. The Kier molecular flexibility index (Phi) is 5.79. The van der Waals surface area contributed by atoms with Crippen LogP contribution in [0.25, 0.3) is 6.08 Å². The van der Waals surface area contributed by atoms with Gasteiger partial charge in [0.05, 0.1) is 0 Å². The fourth-order valence-corrected chi connectivity index (χ4v) is 2.39. The Labute approximate surface area is 137 Å². The van der Waals surface area contributed by atoms with Crippen molar-refractivity contribution in [3.8, 4) is 0 Å². The van der Waals surface area contributed by atoms with Gasteiger partial charge < -0.3 is 4.90 Å². The smallest absolute Gasteiger partial charge is 0.185 e. The van der Waals surface area contributed by atoms with Gasteiger partial charge in [0.15, 0.2) is 5.78 Å². The molecule has 0 N–H and O–H groups in total. The van der Waals surface area contributed by atoms with E-state index in [0.29, 0.717) is 10.6 Å². The van der Waals surface area contributed by atoms with E-state index in [0.717, 1.165) is 24.3 Å². The molecule has 0 heterocycles. The molecule has 0 fully saturated rings. The number of hydrogen-bond donors (Lipinski definition) is 0. The zero-order valence-corrected chi connectivity index (χ0v) is 13.7. The maximum absolute atomic E-state index is 12.2. The van der Waals surface area contributed by atoms with Crippen molar-refractivity contribution in [2.45, 2.75) is 13.8 Å². The van der Waals surface area contributed by atoms with Crippen molar-refractivity contribution >= 4 is 29.1 Å². The molecule has 0 bridgehead atoms. The summed E-state index contributed by atoms with van der Waals surface area (Å²) in [5.74, 6) is 0.000969. The van der Waals surface area contributed by atoms with Gasteiger partial charge in [-0.05, 0) is 61.9 Å². The Balaban J connectivity index is 2.08. The molecule has 0 atom stereocenters. The quantitative estimate of drug-likeness (QED) is 0.547. The van der Waals surface area contributed by atoms with Gasteiger partial charge in [0.2, 0.25) is 0 Å². The molecule has 0 aromatic heterocycles. The van der Waals surface area contributed by atoms with Gasteiger partial charge in [-0.1, -0.05) is 29.8 Å². The number of carbonyl (C=O) groups is 1. The van der Waals surface area contributed by atoms with E-state index in [1.807, 2.05) is 48.5 Å². The molecule has 114 valence electrons. The Hall–Kier alpha value is -2.06. The molecule has 0 saturated carbocycles. The van der Waals surface area contributed by atoms with Crippen LogP contribution in [0.1, 0.15) is 29.8 Å². The number of ketones is 1. The van der Waals surface area contributed by atoms with Crippen molar-refractivity contribution in [3.63, 3.8) is 0 Å². The van der Waals surface area contributed by atoms with Gasteiger partial charge in [-0.25, -0.2) is 0 Å². The fraction of sp³-hybridized carbons (Fsp3) is 0.211. The van der Waals surface area contributed by atoms with Crippen molar-refractivity contribution in [1.82, 2.24) is 0 Å². The van der Waals surface area contributed by atoms with E-state index in [1.165, 1.54) is 0 Å². The van der Waals surface area contributed by atoms with E-state index in [1.54, 1.807) is 12.2 Å². The number of anilines is 1. The molecule has 0 amide bonds. The Bertz CT molecular complexity index is 640. The summed E-state index contributed by atoms with van der Waals surface area (Å²) in [6.07, 6.45) is 3.40. The molecule has 2 rings (SSSR count). The molecule has 0 aliphatic rings. The van der Waals surface area contributed by atoms with Gasteiger partial charge in [0.25, 0.3) is 0 Å². The summed E-state index contributed by atoms with van der Waals surface area (Å²) < 4.78 is 0. The summed E-state index contributed by atoms with van der Waals surface area (Å²) >= 11 is 5.84. The molecule has 2 aromatic rings. The molecular formula is C19H20ClNO. The zero-order chi connectivity index (χ0) is 15.9. The molecule has 0 spiro atoms. The summed E-state index contributed by atoms with van der Waals surface area (Å²) in [4.78, 5) is 14.4. The first kappa shape index (κ1) is 16.3. The first-order valence-electron chi connectivity index (χ1n) is 7.47. The van der Waals surface area contributed by atoms with E-state index < -0.39 is 0 Å². The number of halogens is 1. The van der Waals surface area contributed by atoms with Crippen molar-refractivity contribution in [3.05, 3.63) is 70.8 Å². The zero-order valence-electron chi connectivity index (χ0n) is 12.9. The second kappa shape index (κ2) is 7.81. The monoisotopic (exact) mass is 313 g/mol. The summed E-state index contributed by atoms with van der Waals surface area (Å²) in [7, 11) is 0. The van der Waals surface area contributed by atoms with Crippen LogP contribution < -0.4 is 4.90 Å². The van der Waals surface area contributed by atoms with E-state index in [4.69, 9.17) is 11.6 Å². The molecule has 0 saturated heterocycles. The first-order chi connectivity index (χ1) is 10.6. The Morgan fingerprint density at radius 3 is 2.14 bits per heavy atom. The first-order valence-corrected chi connectivity index (χ1v) is 7.84. The third-order valence-electron chi connectivity index (χ3n) is 3.58. The number of carbonyl (C=O) groups excluding carboxylic acids is 1. The lowest BCUT2D eigenvalue weighted by Crippen LogP contribution is -2.21. The molecule has 2 nitrogen and oxygen atoms in total. The van der Waals surface area contributed by atoms with Crippen LogP contribution >= 0.6 is 11.6 Å². The van der Waals surface area contributed by atoms with Crippen molar-refractivity contribution in [1.29, 1.82) is 0 Å². The molecule has 22 heavy (non-hydrogen) atoms. The minimum atomic E-state index is 0.000969. The fourth-order valence-electron chi connectivity index (χ4n) is 2.27. The Morgan fingerprint density at radius 1 is 1.00 bits per heavy atom. The molecule has 2 aromatic carbocycles. The van der Waals surface area contributed by atoms with Gasteiger partial charge in [-0.2, -0.15) is 0 Å². The standard InChI is InChI=1S/C19H20ClNO/c1-3-21(4-2)18-12-8-16(9-13-18)19(22)14-7-15-5-10-17(20)11-6-15/h5-14H,3-4H2,1-2H3. The van der Waals surface area contributed by atoms with Crippen LogP contribution in [-0.2, 0) is 0 Å².